The van der Waals surface area contributed by atoms with E-state index >= 15 is 0 Å². The Hall–Kier alpha value is -0.790. The number of hydrogen-bond donors (Lipinski definition) is 0. The van der Waals surface area contributed by atoms with E-state index in [0.717, 1.165) is 0 Å². The first kappa shape index (κ1) is 13.3. The molecular weight excluding hydrogens is 291 g/mol. The SMILES string of the molecule is [C-]#[N+]c1c(Cl)c(Br)cn([C@@H](C)C(C)C)c1=O. The summed E-state index contributed by atoms with van der Waals surface area (Å²) in [7, 11) is 0. The number of hydrogen-bond acceptors (Lipinski definition) is 1. The maximum Gasteiger partial charge on any atom is 0.269 e. The molecule has 0 N–H and O–H groups in total. The smallest absolute Gasteiger partial charge is 0.269 e. The zero-order valence-corrected chi connectivity index (χ0v) is 11.6. The van der Waals surface area contributed by atoms with Gasteiger partial charge in [0.25, 0.3) is 11.2 Å². The molecule has 1 rings (SSSR count). The first-order valence-corrected chi connectivity index (χ1v) is 6.04. The molecule has 16 heavy (non-hydrogen) atoms. The normalized spacial score (nSPS) is 12.6. The Bertz CT molecular complexity index is 502. The van der Waals surface area contributed by atoms with Crippen LogP contribution in [0.5, 0.6) is 0 Å². The highest BCUT2D eigenvalue weighted by Crippen LogP contribution is 2.30. The quantitative estimate of drug-likeness (QED) is 0.758. The van der Waals surface area contributed by atoms with Gasteiger partial charge in [-0.15, -0.1) is 0 Å². The molecule has 0 aliphatic rings. The summed E-state index contributed by atoms with van der Waals surface area (Å²) < 4.78 is 2.13. The van der Waals surface area contributed by atoms with E-state index < -0.39 is 0 Å². The van der Waals surface area contributed by atoms with E-state index in [1.807, 2.05) is 20.8 Å². The van der Waals surface area contributed by atoms with Gasteiger partial charge in [0, 0.05) is 16.7 Å². The molecule has 1 heterocycles. The summed E-state index contributed by atoms with van der Waals surface area (Å²) >= 11 is 9.14. The molecule has 1 atom stereocenters. The third-order valence-electron chi connectivity index (χ3n) is 2.62. The molecule has 3 nitrogen and oxygen atoms in total. The molecular formula is C11H12BrClN2O. The Kier molecular flexibility index (Phi) is 4.17. The molecule has 0 aliphatic heterocycles. The van der Waals surface area contributed by atoms with Crippen molar-refractivity contribution in [1.82, 2.24) is 4.57 Å². The van der Waals surface area contributed by atoms with Gasteiger partial charge in [0.1, 0.15) is 0 Å². The van der Waals surface area contributed by atoms with Gasteiger partial charge >= 0.3 is 0 Å². The van der Waals surface area contributed by atoms with Gasteiger partial charge in [0.05, 0.1) is 11.6 Å². The molecule has 0 spiro atoms. The molecule has 0 radical (unpaired) electrons. The van der Waals surface area contributed by atoms with E-state index in [1.165, 1.54) is 0 Å². The zero-order chi connectivity index (χ0) is 12.5. The van der Waals surface area contributed by atoms with Gasteiger partial charge < -0.3 is 4.57 Å². The van der Waals surface area contributed by atoms with E-state index in [0.29, 0.717) is 10.4 Å². The average Bonchev–Trinajstić information content (AvgIpc) is 2.23. The topological polar surface area (TPSA) is 26.4 Å². The molecule has 0 aliphatic carbocycles. The summed E-state index contributed by atoms with van der Waals surface area (Å²) in [5.74, 6) is 0.310. The summed E-state index contributed by atoms with van der Waals surface area (Å²) in [6.45, 7) is 13.0. The van der Waals surface area contributed by atoms with Crippen LogP contribution in [0.1, 0.15) is 26.8 Å². The molecule has 0 unspecified atom stereocenters. The molecule has 0 fully saturated rings. The van der Waals surface area contributed by atoms with Gasteiger partial charge in [-0.05, 0) is 28.8 Å². The van der Waals surface area contributed by atoms with Crippen LogP contribution in [-0.4, -0.2) is 4.57 Å². The van der Waals surface area contributed by atoms with Crippen LogP contribution in [0.3, 0.4) is 0 Å². The summed E-state index contributed by atoms with van der Waals surface area (Å²) in [5.41, 5.74) is -0.354. The second kappa shape index (κ2) is 5.03. The fraction of sp³-hybridized carbons (Fsp3) is 0.455. The maximum absolute atomic E-state index is 12.0. The lowest BCUT2D eigenvalue weighted by Gasteiger charge is -2.20. The number of pyridine rings is 1. The Morgan fingerprint density at radius 1 is 1.50 bits per heavy atom. The van der Waals surface area contributed by atoms with Crippen LogP contribution in [0.25, 0.3) is 4.85 Å². The predicted octanol–water partition coefficient (Wildman–Crippen LogP) is 4.03. The lowest BCUT2D eigenvalue weighted by Crippen LogP contribution is -2.25. The monoisotopic (exact) mass is 302 g/mol. The highest BCUT2D eigenvalue weighted by molar-refractivity contribution is 9.10. The minimum absolute atomic E-state index is 0.0245. The predicted molar refractivity (Wildman–Crippen MR) is 69.2 cm³/mol. The van der Waals surface area contributed by atoms with Crippen molar-refractivity contribution in [2.45, 2.75) is 26.8 Å². The molecule has 0 saturated carbocycles. The van der Waals surface area contributed by atoms with Crippen LogP contribution in [0.4, 0.5) is 5.69 Å². The minimum atomic E-state index is -0.329. The van der Waals surface area contributed by atoms with Crippen molar-refractivity contribution in [2.24, 2.45) is 5.92 Å². The molecule has 5 heteroatoms. The summed E-state index contributed by atoms with van der Waals surface area (Å²) in [4.78, 5) is 15.2. The fourth-order valence-electron chi connectivity index (χ4n) is 1.29. The number of halogens is 2. The van der Waals surface area contributed by atoms with E-state index in [-0.39, 0.29) is 22.3 Å². The van der Waals surface area contributed by atoms with Crippen LogP contribution in [0, 0.1) is 12.5 Å². The van der Waals surface area contributed by atoms with Crippen LogP contribution in [0.15, 0.2) is 15.5 Å². The third-order valence-corrected chi connectivity index (χ3v) is 3.83. The molecule has 1 aromatic heterocycles. The summed E-state index contributed by atoms with van der Waals surface area (Å²) in [6, 6.07) is 0.0292. The second-order valence-electron chi connectivity index (χ2n) is 3.95. The highest BCUT2D eigenvalue weighted by Gasteiger charge is 2.17. The van der Waals surface area contributed by atoms with E-state index in [9.17, 15) is 4.79 Å². The van der Waals surface area contributed by atoms with Crippen molar-refractivity contribution in [3.8, 4) is 0 Å². The van der Waals surface area contributed by atoms with Crippen molar-refractivity contribution >= 4 is 33.2 Å². The number of nitrogens with zero attached hydrogens (tertiary/aromatic N) is 2. The number of rotatable bonds is 2. The highest BCUT2D eigenvalue weighted by atomic mass is 79.9. The Labute approximate surface area is 108 Å². The molecule has 0 saturated heterocycles. The Balaban J connectivity index is 3.51. The van der Waals surface area contributed by atoms with E-state index in [1.54, 1.807) is 10.8 Å². The fourth-order valence-corrected chi connectivity index (χ4v) is 1.87. The summed E-state index contributed by atoms with van der Waals surface area (Å²) in [5, 5.41) is 0.187. The Morgan fingerprint density at radius 2 is 2.06 bits per heavy atom. The van der Waals surface area contributed by atoms with Crippen LogP contribution in [0.2, 0.25) is 5.02 Å². The van der Waals surface area contributed by atoms with E-state index in [4.69, 9.17) is 18.2 Å². The molecule has 0 aromatic carbocycles. The van der Waals surface area contributed by atoms with Gasteiger partial charge in [0.15, 0.2) is 0 Å². The summed E-state index contributed by atoms with van der Waals surface area (Å²) in [6.07, 6.45) is 1.64. The van der Waals surface area contributed by atoms with Gasteiger partial charge in [-0.3, -0.25) is 4.79 Å². The van der Waals surface area contributed by atoms with E-state index in [2.05, 4.69) is 20.8 Å². The lowest BCUT2D eigenvalue weighted by atomic mass is 10.1. The van der Waals surface area contributed by atoms with Gasteiger partial charge in [-0.1, -0.05) is 25.4 Å². The van der Waals surface area contributed by atoms with Crippen molar-refractivity contribution in [3.05, 3.63) is 37.5 Å². The van der Waals surface area contributed by atoms with Crippen LogP contribution < -0.4 is 5.56 Å². The Morgan fingerprint density at radius 3 is 2.50 bits per heavy atom. The van der Waals surface area contributed by atoms with Crippen molar-refractivity contribution in [2.75, 3.05) is 0 Å². The number of aromatic nitrogens is 1. The molecule has 0 amide bonds. The molecule has 0 bridgehead atoms. The second-order valence-corrected chi connectivity index (χ2v) is 5.18. The van der Waals surface area contributed by atoms with Gasteiger partial charge in [-0.25, -0.2) is 4.85 Å². The van der Waals surface area contributed by atoms with Gasteiger partial charge in [-0.2, -0.15) is 0 Å². The zero-order valence-electron chi connectivity index (χ0n) is 9.29. The van der Waals surface area contributed by atoms with Crippen molar-refractivity contribution in [1.29, 1.82) is 0 Å². The largest absolute Gasteiger partial charge is 0.320 e. The third kappa shape index (κ3) is 2.31. The first-order valence-electron chi connectivity index (χ1n) is 4.87. The van der Waals surface area contributed by atoms with Gasteiger partial charge in [0.2, 0.25) is 0 Å². The maximum atomic E-state index is 12.0. The van der Waals surface area contributed by atoms with Crippen LogP contribution in [-0.2, 0) is 0 Å². The van der Waals surface area contributed by atoms with Crippen molar-refractivity contribution in [3.63, 3.8) is 0 Å². The standard InChI is InChI=1S/C11H12BrClN2O/c1-6(2)7(3)15-5-8(12)9(13)10(14-4)11(15)16/h5-7H,1-3H3/t7-/m0/s1. The lowest BCUT2D eigenvalue weighted by molar-refractivity contribution is 0.398. The average molecular weight is 304 g/mol. The van der Waals surface area contributed by atoms with Crippen LogP contribution >= 0.6 is 27.5 Å². The van der Waals surface area contributed by atoms with Crippen molar-refractivity contribution < 1.29 is 0 Å². The molecule has 1 aromatic rings. The minimum Gasteiger partial charge on any atom is -0.320 e. The molecule has 86 valence electrons. The first-order chi connectivity index (χ1) is 7.40.